The van der Waals surface area contributed by atoms with Gasteiger partial charge in [-0.1, -0.05) is 12.1 Å². The Morgan fingerprint density at radius 3 is 2.81 bits per heavy atom. The molecule has 0 aliphatic heterocycles. The third kappa shape index (κ3) is 2.31. The van der Waals surface area contributed by atoms with Gasteiger partial charge in [0.15, 0.2) is 0 Å². The molecule has 0 bridgehead atoms. The van der Waals surface area contributed by atoms with E-state index in [-0.39, 0.29) is 0 Å². The molecule has 0 unspecified atom stereocenters. The molecule has 0 fully saturated rings. The Kier molecular flexibility index (Phi) is 3.05. The monoisotopic (exact) mass is 214 g/mol. The minimum atomic E-state index is 0.665. The van der Waals surface area contributed by atoms with Crippen molar-refractivity contribution in [3.63, 3.8) is 0 Å². The molecule has 0 radical (unpaired) electrons. The lowest BCUT2D eigenvalue weighted by molar-refractivity contribution is 0.340. The second-order valence-electron chi connectivity index (χ2n) is 3.44. The largest absolute Gasteiger partial charge is 0.494 e. The van der Waals surface area contributed by atoms with E-state index < -0.39 is 0 Å². The van der Waals surface area contributed by atoms with E-state index >= 15 is 0 Å². The lowest BCUT2D eigenvalue weighted by atomic mass is 10.1. The second kappa shape index (κ2) is 4.66. The van der Waals surface area contributed by atoms with Gasteiger partial charge in [-0.15, -0.1) is 0 Å². The molecule has 1 heterocycles. The van der Waals surface area contributed by atoms with E-state index in [2.05, 4.69) is 4.98 Å². The number of aromatic nitrogens is 1. The predicted octanol–water partition coefficient (Wildman–Crippen LogP) is 2.73. The zero-order valence-electron chi connectivity index (χ0n) is 9.18. The van der Waals surface area contributed by atoms with E-state index in [0.717, 1.165) is 17.0 Å². The zero-order valence-corrected chi connectivity index (χ0v) is 9.18. The molecule has 3 heteroatoms. The van der Waals surface area contributed by atoms with E-state index in [1.54, 1.807) is 6.20 Å². The molecule has 0 saturated heterocycles. The summed E-state index contributed by atoms with van der Waals surface area (Å²) >= 11 is 0. The maximum Gasteiger partial charge on any atom is 0.119 e. The number of rotatable bonds is 3. The van der Waals surface area contributed by atoms with Crippen LogP contribution in [0.25, 0.3) is 11.3 Å². The average Bonchev–Trinajstić information content (AvgIpc) is 2.31. The van der Waals surface area contributed by atoms with Gasteiger partial charge in [0, 0.05) is 5.56 Å². The molecule has 3 nitrogen and oxygen atoms in total. The number of nitrogen functional groups attached to an aromatic ring is 1. The third-order valence-corrected chi connectivity index (χ3v) is 2.23. The third-order valence-electron chi connectivity index (χ3n) is 2.23. The van der Waals surface area contributed by atoms with Crippen LogP contribution in [0.3, 0.4) is 0 Å². The molecule has 82 valence electrons. The average molecular weight is 214 g/mol. The number of hydrogen-bond donors (Lipinski definition) is 1. The summed E-state index contributed by atoms with van der Waals surface area (Å²) in [7, 11) is 0. The first-order valence-corrected chi connectivity index (χ1v) is 5.24. The SMILES string of the molecule is CCOc1cccc(-c2ccc(N)cn2)c1. The van der Waals surface area contributed by atoms with Gasteiger partial charge in [0.2, 0.25) is 0 Å². The van der Waals surface area contributed by atoms with Gasteiger partial charge >= 0.3 is 0 Å². The highest BCUT2D eigenvalue weighted by Gasteiger charge is 2.00. The molecule has 0 saturated carbocycles. The van der Waals surface area contributed by atoms with Crippen molar-refractivity contribution in [1.29, 1.82) is 0 Å². The molecule has 0 amide bonds. The van der Waals surface area contributed by atoms with Gasteiger partial charge in [0.1, 0.15) is 5.75 Å². The highest BCUT2D eigenvalue weighted by atomic mass is 16.5. The first kappa shape index (κ1) is 10.5. The summed E-state index contributed by atoms with van der Waals surface area (Å²) in [6, 6.07) is 11.6. The van der Waals surface area contributed by atoms with Crippen LogP contribution in [-0.2, 0) is 0 Å². The summed E-state index contributed by atoms with van der Waals surface area (Å²) < 4.78 is 5.44. The van der Waals surface area contributed by atoms with Crippen molar-refractivity contribution < 1.29 is 4.74 Å². The Labute approximate surface area is 94.9 Å². The summed E-state index contributed by atoms with van der Waals surface area (Å²) in [5, 5.41) is 0. The summed E-state index contributed by atoms with van der Waals surface area (Å²) in [5.74, 6) is 0.860. The van der Waals surface area contributed by atoms with Crippen molar-refractivity contribution >= 4 is 5.69 Å². The smallest absolute Gasteiger partial charge is 0.119 e. The first-order valence-electron chi connectivity index (χ1n) is 5.24. The van der Waals surface area contributed by atoms with Crippen LogP contribution in [0.2, 0.25) is 0 Å². The minimum absolute atomic E-state index is 0.665. The van der Waals surface area contributed by atoms with Crippen LogP contribution >= 0.6 is 0 Å². The Bertz CT molecular complexity index is 466. The molecule has 2 rings (SSSR count). The van der Waals surface area contributed by atoms with Crippen LogP contribution in [0, 0.1) is 0 Å². The summed E-state index contributed by atoms with van der Waals surface area (Å²) in [6.45, 7) is 2.63. The fourth-order valence-electron chi connectivity index (χ4n) is 1.49. The molecule has 2 aromatic rings. The second-order valence-corrected chi connectivity index (χ2v) is 3.44. The van der Waals surface area contributed by atoms with Gasteiger partial charge in [-0.3, -0.25) is 4.98 Å². The van der Waals surface area contributed by atoms with Crippen molar-refractivity contribution in [1.82, 2.24) is 4.98 Å². The van der Waals surface area contributed by atoms with Crippen LogP contribution in [0.15, 0.2) is 42.6 Å². The molecule has 1 aromatic carbocycles. The number of nitrogens with zero attached hydrogens (tertiary/aromatic N) is 1. The van der Waals surface area contributed by atoms with Gasteiger partial charge in [-0.05, 0) is 31.2 Å². The van der Waals surface area contributed by atoms with Crippen LogP contribution in [0.1, 0.15) is 6.92 Å². The standard InChI is InChI=1S/C13H14N2O/c1-2-16-12-5-3-4-10(8-12)13-7-6-11(14)9-15-13/h3-9H,2,14H2,1H3. The van der Waals surface area contributed by atoms with Gasteiger partial charge < -0.3 is 10.5 Å². The van der Waals surface area contributed by atoms with E-state index in [9.17, 15) is 0 Å². The molecule has 0 spiro atoms. The van der Waals surface area contributed by atoms with Crippen molar-refractivity contribution in [3.05, 3.63) is 42.6 Å². The van der Waals surface area contributed by atoms with Crippen LogP contribution in [0.4, 0.5) is 5.69 Å². The minimum Gasteiger partial charge on any atom is -0.494 e. The Hall–Kier alpha value is -2.03. The Balaban J connectivity index is 2.32. The van der Waals surface area contributed by atoms with Gasteiger partial charge in [0.05, 0.1) is 24.2 Å². The predicted molar refractivity (Wildman–Crippen MR) is 65.3 cm³/mol. The Morgan fingerprint density at radius 1 is 1.25 bits per heavy atom. The van der Waals surface area contributed by atoms with Crippen molar-refractivity contribution in [2.24, 2.45) is 0 Å². The van der Waals surface area contributed by atoms with E-state index in [1.165, 1.54) is 0 Å². The van der Waals surface area contributed by atoms with Gasteiger partial charge in [-0.2, -0.15) is 0 Å². The number of benzene rings is 1. The Morgan fingerprint density at radius 2 is 2.12 bits per heavy atom. The van der Waals surface area contributed by atoms with Gasteiger partial charge in [0.25, 0.3) is 0 Å². The highest BCUT2D eigenvalue weighted by molar-refractivity contribution is 5.62. The quantitative estimate of drug-likeness (QED) is 0.854. The number of anilines is 1. The maximum atomic E-state index is 5.60. The summed E-state index contributed by atoms with van der Waals surface area (Å²) in [5.41, 5.74) is 8.20. The van der Waals surface area contributed by atoms with Crippen molar-refractivity contribution in [2.45, 2.75) is 6.92 Å². The van der Waals surface area contributed by atoms with Crippen molar-refractivity contribution in [2.75, 3.05) is 12.3 Å². The number of pyridine rings is 1. The zero-order chi connectivity index (χ0) is 11.4. The van der Waals surface area contributed by atoms with Gasteiger partial charge in [-0.25, -0.2) is 0 Å². The lowest BCUT2D eigenvalue weighted by Crippen LogP contribution is -1.92. The molecular formula is C13H14N2O. The summed E-state index contributed by atoms with van der Waals surface area (Å²) in [6.07, 6.45) is 1.66. The first-order chi connectivity index (χ1) is 7.79. The van der Waals surface area contributed by atoms with Crippen LogP contribution < -0.4 is 10.5 Å². The molecule has 16 heavy (non-hydrogen) atoms. The van der Waals surface area contributed by atoms with Crippen LogP contribution in [0.5, 0.6) is 5.75 Å². The number of ether oxygens (including phenoxy) is 1. The molecule has 0 aliphatic carbocycles. The molecule has 2 N–H and O–H groups in total. The molecule has 1 aromatic heterocycles. The molecule has 0 atom stereocenters. The lowest BCUT2D eigenvalue weighted by Gasteiger charge is -2.05. The normalized spacial score (nSPS) is 10.1. The topological polar surface area (TPSA) is 48.1 Å². The fourth-order valence-corrected chi connectivity index (χ4v) is 1.49. The number of nitrogens with two attached hydrogens (primary N) is 1. The number of hydrogen-bond acceptors (Lipinski definition) is 3. The van der Waals surface area contributed by atoms with E-state index in [0.29, 0.717) is 12.3 Å². The molecular weight excluding hydrogens is 200 g/mol. The fraction of sp³-hybridized carbons (Fsp3) is 0.154. The van der Waals surface area contributed by atoms with E-state index in [1.807, 2.05) is 43.3 Å². The summed E-state index contributed by atoms with van der Waals surface area (Å²) in [4.78, 5) is 4.27. The van der Waals surface area contributed by atoms with Crippen LogP contribution in [-0.4, -0.2) is 11.6 Å². The highest BCUT2D eigenvalue weighted by Crippen LogP contribution is 2.22. The van der Waals surface area contributed by atoms with E-state index in [4.69, 9.17) is 10.5 Å². The maximum absolute atomic E-state index is 5.60. The molecule has 0 aliphatic rings. The van der Waals surface area contributed by atoms with Crippen molar-refractivity contribution in [3.8, 4) is 17.0 Å².